The monoisotopic (exact) mass is 801 g/mol. The van der Waals surface area contributed by atoms with Gasteiger partial charge >= 0.3 is 0 Å². The number of hydrogen-bond donors (Lipinski definition) is 1. The number of aliphatic imine (C=N–C) groups is 1. The second kappa shape index (κ2) is 15.8. The summed E-state index contributed by atoms with van der Waals surface area (Å²) in [7, 11) is 0. The molecule has 60 heavy (non-hydrogen) atoms. The second-order valence-corrected chi connectivity index (χ2v) is 17.7. The molecule has 1 unspecified atom stereocenters. The normalized spacial score (nSPS) is 13.6. The number of aryl methyl sites for hydroxylation is 8. The summed E-state index contributed by atoms with van der Waals surface area (Å²) in [5, 5.41) is 0. The lowest BCUT2D eigenvalue weighted by Crippen LogP contribution is -2.09. The topological polar surface area (TPSA) is 50.3 Å². The number of thiophene rings is 1. The lowest BCUT2D eigenvalue weighted by Gasteiger charge is -2.23. The maximum Gasteiger partial charge on any atom is 0.174 e. The molecule has 5 heterocycles. The number of aromatic amines is 1. The lowest BCUT2D eigenvalue weighted by atomic mass is 9.87. The molecule has 9 rings (SSSR count). The van der Waals surface area contributed by atoms with Gasteiger partial charge in [-0.05, 0) is 149 Å². The Morgan fingerprint density at radius 2 is 1.00 bits per heavy atom. The van der Waals surface area contributed by atoms with Gasteiger partial charge in [0.15, 0.2) is 6.23 Å². The van der Waals surface area contributed by atoms with Crippen molar-refractivity contribution in [1.82, 2.24) is 9.97 Å². The van der Waals surface area contributed by atoms with Gasteiger partial charge in [0.1, 0.15) is 0 Å². The average Bonchev–Trinajstić information content (AvgIpc) is 4.00. The largest absolute Gasteiger partial charge is 0.354 e. The standard InChI is InChI=1S/C55H51N3OS/c1-10-59-55-42-29-41(30-56-55)53(49-35(6)25-33(4)26-36(49)7)45-21-19-43(57-45)51(39-15-11-31(2)12-16-39)47-23-24-48(60-47)52(40-17-13-32(3)14-18-40)44-20-22-46(58-44)54(42)50-37(8)27-34(5)28-38(50)9/h11-30,55,58H,10H2,1-9H3. The average molecular weight is 802 g/mol. The SMILES string of the molecule is CCOC1N=Cc2cc1c(-c1c(C)cc(C)cc1C)c1ccc([nH]1)c(-c1ccc(C)cc1)c1ccc(s1)c(-c1ccc(C)cc1)c1nc(c2-c2c(C)cc(C)cc2C)C=C1. The van der Waals surface area contributed by atoms with E-state index < -0.39 is 6.23 Å². The number of nitrogens with zero attached hydrogens (tertiary/aromatic N) is 2. The van der Waals surface area contributed by atoms with Crippen LogP contribution in [0.5, 0.6) is 0 Å². The summed E-state index contributed by atoms with van der Waals surface area (Å²) >= 11 is 1.82. The Morgan fingerprint density at radius 3 is 1.55 bits per heavy atom. The number of nitrogens with one attached hydrogen (secondary N) is 1. The van der Waals surface area contributed by atoms with Crippen LogP contribution >= 0.6 is 11.3 Å². The minimum Gasteiger partial charge on any atom is -0.354 e. The predicted octanol–water partition coefficient (Wildman–Crippen LogP) is 15.1. The molecule has 0 saturated heterocycles. The minimum absolute atomic E-state index is 0.508. The predicted molar refractivity (Wildman–Crippen MR) is 257 cm³/mol. The summed E-state index contributed by atoms with van der Waals surface area (Å²) < 4.78 is 8.90. The Hall–Kier alpha value is -6.14. The van der Waals surface area contributed by atoms with Crippen molar-refractivity contribution < 1.29 is 4.74 Å². The van der Waals surface area contributed by atoms with Crippen molar-refractivity contribution in [3.8, 4) is 44.5 Å². The van der Waals surface area contributed by atoms with Crippen molar-refractivity contribution in [2.45, 2.75) is 68.5 Å². The van der Waals surface area contributed by atoms with Crippen molar-refractivity contribution in [2.75, 3.05) is 6.61 Å². The number of hydrogen-bond acceptors (Lipinski definition) is 4. The molecule has 1 atom stereocenters. The number of H-pyrrole nitrogens is 1. The molecule has 5 heteroatoms. The molecule has 4 nitrogen and oxygen atoms in total. The fraction of sp³-hybridized carbons (Fsp3) is 0.200. The van der Waals surface area contributed by atoms with Crippen LogP contribution in [0, 0.1) is 55.4 Å². The first-order valence-electron chi connectivity index (χ1n) is 20.9. The molecule has 0 spiro atoms. The Balaban J connectivity index is 1.54. The van der Waals surface area contributed by atoms with Crippen LogP contribution in [0.4, 0.5) is 0 Å². The van der Waals surface area contributed by atoms with E-state index in [2.05, 4.69) is 176 Å². The Kier molecular flexibility index (Phi) is 10.4. The molecule has 1 N–H and O–H groups in total. The maximum absolute atomic E-state index is 6.56. The molecule has 0 fully saturated rings. The van der Waals surface area contributed by atoms with Crippen LogP contribution in [0.1, 0.15) is 80.2 Å². The Morgan fingerprint density at radius 1 is 0.517 bits per heavy atom. The summed E-state index contributed by atoms with van der Waals surface area (Å²) in [6.07, 6.45) is 5.91. The smallest absolute Gasteiger partial charge is 0.174 e. The van der Waals surface area contributed by atoms with Gasteiger partial charge < -0.3 is 9.72 Å². The first-order chi connectivity index (χ1) is 29.0. The lowest BCUT2D eigenvalue weighted by molar-refractivity contribution is 0.0696. The third-order valence-corrected chi connectivity index (χ3v) is 13.0. The van der Waals surface area contributed by atoms with Crippen molar-refractivity contribution in [2.24, 2.45) is 4.99 Å². The summed E-state index contributed by atoms with van der Waals surface area (Å²) in [6.45, 7) is 20.1. The molecular weight excluding hydrogens is 751 g/mol. The van der Waals surface area contributed by atoms with Gasteiger partial charge in [-0.15, -0.1) is 11.3 Å². The van der Waals surface area contributed by atoms with Crippen LogP contribution in [-0.4, -0.2) is 22.8 Å². The van der Waals surface area contributed by atoms with Gasteiger partial charge in [0.05, 0.1) is 11.4 Å². The van der Waals surface area contributed by atoms with E-state index in [1.165, 1.54) is 60.3 Å². The van der Waals surface area contributed by atoms with Gasteiger partial charge in [-0.1, -0.05) is 95.1 Å². The van der Waals surface area contributed by atoms with E-state index in [0.29, 0.717) is 6.61 Å². The van der Waals surface area contributed by atoms with Crippen LogP contribution in [-0.2, 0) is 4.74 Å². The fourth-order valence-electron chi connectivity index (χ4n) is 9.35. The number of aromatic nitrogens is 2. The first kappa shape index (κ1) is 39.3. The van der Waals surface area contributed by atoms with E-state index in [-0.39, 0.29) is 0 Å². The molecule has 4 aromatic carbocycles. The molecule has 0 amide bonds. The van der Waals surface area contributed by atoms with E-state index in [1.54, 1.807) is 0 Å². The van der Waals surface area contributed by atoms with E-state index >= 15 is 0 Å². The van der Waals surface area contributed by atoms with Crippen LogP contribution in [0.3, 0.4) is 0 Å². The molecule has 0 aliphatic carbocycles. The van der Waals surface area contributed by atoms with Gasteiger partial charge in [0.2, 0.25) is 0 Å². The fourth-order valence-corrected chi connectivity index (χ4v) is 10.5. The molecule has 7 aromatic rings. The molecule has 2 aliphatic rings. The zero-order valence-corrected chi connectivity index (χ0v) is 36.9. The summed E-state index contributed by atoms with van der Waals surface area (Å²) in [6, 6.07) is 38.3. The third kappa shape index (κ3) is 7.16. The van der Waals surface area contributed by atoms with E-state index in [9.17, 15) is 0 Å². The second-order valence-electron chi connectivity index (χ2n) is 16.6. The zero-order chi connectivity index (χ0) is 41.8. The van der Waals surface area contributed by atoms with Gasteiger partial charge in [-0.2, -0.15) is 0 Å². The van der Waals surface area contributed by atoms with Crippen LogP contribution in [0.15, 0.2) is 108 Å². The molecule has 3 aromatic heterocycles. The van der Waals surface area contributed by atoms with Gasteiger partial charge in [-0.25, -0.2) is 4.98 Å². The highest BCUT2D eigenvalue weighted by molar-refractivity contribution is 7.24. The molecular formula is C55H51N3OS. The number of fused-ring (bicyclic) bond motifs is 8. The van der Waals surface area contributed by atoms with Gasteiger partial charge in [0.25, 0.3) is 0 Å². The van der Waals surface area contributed by atoms with Crippen molar-refractivity contribution in [3.63, 3.8) is 0 Å². The quantitative estimate of drug-likeness (QED) is 0.182. The van der Waals surface area contributed by atoms with Crippen molar-refractivity contribution in [3.05, 3.63) is 170 Å². The third-order valence-electron chi connectivity index (χ3n) is 11.8. The summed E-state index contributed by atoms with van der Waals surface area (Å²) in [4.78, 5) is 14.9. The highest BCUT2D eigenvalue weighted by atomic mass is 32.1. The van der Waals surface area contributed by atoms with E-state index in [1.807, 2.05) is 24.5 Å². The Labute approximate surface area is 358 Å². The molecule has 0 radical (unpaired) electrons. The number of benzene rings is 4. The van der Waals surface area contributed by atoms with E-state index in [4.69, 9.17) is 14.7 Å². The number of rotatable bonds is 6. The van der Waals surface area contributed by atoms with Gasteiger partial charge in [0, 0.05) is 66.6 Å². The molecule has 2 aliphatic heterocycles. The minimum atomic E-state index is -0.508. The van der Waals surface area contributed by atoms with Crippen LogP contribution < -0.4 is 0 Å². The summed E-state index contributed by atoms with van der Waals surface area (Å²) in [5.74, 6) is 0. The maximum atomic E-state index is 6.56. The number of ether oxygens (including phenoxy) is 1. The van der Waals surface area contributed by atoms with Crippen molar-refractivity contribution >= 4 is 50.1 Å². The van der Waals surface area contributed by atoms with Crippen LogP contribution in [0.25, 0.3) is 77.1 Å². The van der Waals surface area contributed by atoms with Crippen molar-refractivity contribution in [1.29, 1.82) is 0 Å². The van der Waals surface area contributed by atoms with Crippen LogP contribution in [0.2, 0.25) is 0 Å². The highest BCUT2D eigenvalue weighted by Gasteiger charge is 2.25. The molecule has 8 bridgehead atoms. The molecule has 0 saturated carbocycles. The Bertz CT molecular complexity index is 3020. The summed E-state index contributed by atoms with van der Waals surface area (Å²) in [5.41, 5.74) is 24.8. The molecule has 298 valence electrons. The first-order valence-corrected chi connectivity index (χ1v) is 21.8. The van der Waals surface area contributed by atoms with Gasteiger partial charge in [-0.3, -0.25) is 4.99 Å². The highest BCUT2D eigenvalue weighted by Crippen LogP contribution is 2.44. The zero-order valence-electron chi connectivity index (χ0n) is 36.0. The van der Waals surface area contributed by atoms with E-state index in [0.717, 1.165) is 71.6 Å².